The highest BCUT2D eigenvalue weighted by Crippen LogP contribution is 2.23. The molecule has 0 radical (unpaired) electrons. The smallest absolute Gasteiger partial charge is 0.172 e. The summed E-state index contributed by atoms with van der Waals surface area (Å²) in [5.41, 5.74) is -0.677. The fourth-order valence-corrected chi connectivity index (χ4v) is 2.43. The van der Waals surface area contributed by atoms with Crippen LogP contribution in [0.2, 0.25) is 0 Å². The van der Waals surface area contributed by atoms with Gasteiger partial charge in [-0.05, 0) is 25.7 Å². The number of Topliss-reactive ketones (excluding diaryl/α,β-unsaturated/α-hetero) is 1. The van der Waals surface area contributed by atoms with Crippen molar-refractivity contribution in [3.05, 3.63) is 12.2 Å². The third-order valence-corrected chi connectivity index (χ3v) is 3.62. The number of carbonyl (C=O) groups is 1. The maximum atomic E-state index is 12.6. The van der Waals surface area contributed by atoms with Gasteiger partial charge in [-0.3, -0.25) is 4.79 Å². The van der Waals surface area contributed by atoms with Crippen molar-refractivity contribution in [3.63, 3.8) is 0 Å². The molecule has 20 heavy (non-hydrogen) atoms. The second-order valence-corrected chi connectivity index (χ2v) is 5.49. The van der Waals surface area contributed by atoms with Gasteiger partial charge >= 0.3 is 0 Å². The van der Waals surface area contributed by atoms with Gasteiger partial charge in [0.2, 0.25) is 0 Å². The minimum atomic E-state index is -0.677. The standard InChI is InChI=1S/C15H27N3O2/c1-6-15(7-2,20-8-3)13(19)9-14-16-11-17-18(14)10-12(4)5/h11-12H,6-10H2,1-5H3. The number of carbonyl (C=O) groups excluding carboxylic acids is 1. The molecule has 0 aliphatic heterocycles. The number of ketones is 1. The minimum absolute atomic E-state index is 0.0994. The van der Waals surface area contributed by atoms with Crippen molar-refractivity contribution in [2.75, 3.05) is 6.61 Å². The SMILES string of the molecule is CCOC(CC)(CC)C(=O)Cc1ncnn1CC(C)C. The molecule has 0 saturated heterocycles. The Kier molecular flexibility index (Phi) is 6.33. The monoisotopic (exact) mass is 281 g/mol. The normalized spacial score (nSPS) is 12.1. The van der Waals surface area contributed by atoms with Crippen LogP contribution in [0.3, 0.4) is 0 Å². The van der Waals surface area contributed by atoms with E-state index in [1.54, 1.807) is 0 Å². The van der Waals surface area contributed by atoms with Crippen LogP contribution in [0.25, 0.3) is 0 Å². The summed E-state index contributed by atoms with van der Waals surface area (Å²) in [4.78, 5) is 16.8. The molecule has 0 bridgehead atoms. The van der Waals surface area contributed by atoms with Crippen LogP contribution < -0.4 is 0 Å². The van der Waals surface area contributed by atoms with Crippen molar-refractivity contribution in [2.24, 2.45) is 5.92 Å². The molecule has 0 aromatic carbocycles. The molecule has 1 aromatic rings. The molecule has 1 heterocycles. The maximum Gasteiger partial charge on any atom is 0.172 e. The van der Waals surface area contributed by atoms with Crippen molar-refractivity contribution >= 4 is 5.78 Å². The van der Waals surface area contributed by atoms with Crippen LogP contribution in [0.4, 0.5) is 0 Å². The van der Waals surface area contributed by atoms with Crippen LogP contribution >= 0.6 is 0 Å². The Hall–Kier alpha value is -1.23. The van der Waals surface area contributed by atoms with E-state index >= 15 is 0 Å². The van der Waals surface area contributed by atoms with Crippen molar-refractivity contribution in [1.29, 1.82) is 0 Å². The summed E-state index contributed by atoms with van der Waals surface area (Å²) in [6.45, 7) is 11.5. The molecule has 0 aliphatic rings. The quantitative estimate of drug-likeness (QED) is 0.698. The summed E-state index contributed by atoms with van der Waals surface area (Å²) in [6.07, 6.45) is 3.18. The van der Waals surface area contributed by atoms with Gasteiger partial charge in [-0.2, -0.15) is 5.10 Å². The minimum Gasteiger partial charge on any atom is -0.368 e. The molecule has 0 N–H and O–H groups in total. The average molecular weight is 281 g/mol. The number of ether oxygens (including phenoxy) is 1. The Bertz CT molecular complexity index is 423. The molecule has 0 amide bonds. The van der Waals surface area contributed by atoms with Gasteiger partial charge in [-0.15, -0.1) is 0 Å². The molecule has 0 aliphatic carbocycles. The van der Waals surface area contributed by atoms with E-state index in [1.165, 1.54) is 6.33 Å². The number of hydrogen-bond donors (Lipinski definition) is 0. The van der Waals surface area contributed by atoms with Crippen molar-refractivity contribution < 1.29 is 9.53 Å². The zero-order chi connectivity index (χ0) is 15.2. The van der Waals surface area contributed by atoms with E-state index in [1.807, 2.05) is 25.5 Å². The van der Waals surface area contributed by atoms with E-state index in [9.17, 15) is 4.79 Å². The van der Waals surface area contributed by atoms with Crippen LogP contribution in [0, 0.1) is 5.92 Å². The molecule has 5 heteroatoms. The average Bonchev–Trinajstić information content (AvgIpc) is 2.82. The fraction of sp³-hybridized carbons (Fsp3) is 0.800. The molecule has 0 atom stereocenters. The first kappa shape index (κ1) is 16.8. The highest BCUT2D eigenvalue weighted by molar-refractivity contribution is 5.88. The fourth-order valence-electron chi connectivity index (χ4n) is 2.43. The molecule has 5 nitrogen and oxygen atoms in total. The zero-order valence-electron chi connectivity index (χ0n) is 13.3. The number of hydrogen-bond acceptors (Lipinski definition) is 4. The summed E-state index contributed by atoms with van der Waals surface area (Å²) in [5.74, 6) is 1.30. The van der Waals surface area contributed by atoms with E-state index in [0.717, 1.165) is 12.4 Å². The number of nitrogens with zero attached hydrogens (tertiary/aromatic N) is 3. The van der Waals surface area contributed by atoms with Crippen LogP contribution in [0.1, 0.15) is 53.3 Å². The van der Waals surface area contributed by atoms with Gasteiger partial charge < -0.3 is 4.74 Å². The summed E-state index contributed by atoms with van der Waals surface area (Å²) >= 11 is 0. The Morgan fingerprint density at radius 1 is 1.35 bits per heavy atom. The van der Waals surface area contributed by atoms with Crippen molar-refractivity contribution in [1.82, 2.24) is 14.8 Å². The van der Waals surface area contributed by atoms with Gasteiger partial charge in [0.15, 0.2) is 5.78 Å². The first-order valence-electron chi connectivity index (χ1n) is 7.53. The van der Waals surface area contributed by atoms with Gasteiger partial charge in [-0.25, -0.2) is 9.67 Å². The molecular formula is C15H27N3O2. The van der Waals surface area contributed by atoms with Gasteiger partial charge in [0.1, 0.15) is 17.8 Å². The Morgan fingerprint density at radius 2 is 2.00 bits per heavy atom. The van der Waals surface area contributed by atoms with Gasteiger partial charge in [-0.1, -0.05) is 27.7 Å². The Balaban J connectivity index is 2.86. The lowest BCUT2D eigenvalue weighted by Crippen LogP contribution is -2.42. The third kappa shape index (κ3) is 3.88. The van der Waals surface area contributed by atoms with E-state index in [2.05, 4.69) is 23.9 Å². The van der Waals surface area contributed by atoms with Gasteiger partial charge in [0, 0.05) is 13.2 Å². The lowest BCUT2D eigenvalue weighted by molar-refractivity contribution is -0.144. The van der Waals surface area contributed by atoms with Crippen LogP contribution in [0.15, 0.2) is 6.33 Å². The van der Waals surface area contributed by atoms with Crippen molar-refractivity contribution in [3.8, 4) is 0 Å². The molecular weight excluding hydrogens is 254 g/mol. The Labute approximate surface area is 121 Å². The summed E-state index contributed by atoms with van der Waals surface area (Å²) in [5, 5.41) is 4.20. The number of rotatable bonds is 9. The van der Waals surface area contributed by atoms with Crippen molar-refractivity contribution in [2.45, 2.75) is 66.0 Å². The van der Waals surface area contributed by atoms with E-state index in [-0.39, 0.29) is 12.2 Å². The first-order chi connectivity index (χ1) is 9.49. The molecule has 0 fully saturated rings. The zero-order valence-corrected chi connectivity index (χ0v) is 13.3. The van der Waals surface area contributed by atoms with Gasteiger partial charge in [0.05, 0.1) is 6.42 Å². The van der Waals surface area contributed by atoms with Gasteiger partial charge in [0.25, 0.3) is 0 Å². The Morgan fingerprint density at radius 3 is 2.50 bits per heavy atom. The lowest BCUT2D eigenvalue weighted by Gasteiger charge is -2.29. The molecule has 114 valence electrons. The summed E-state index contributed by atoms with van der Waals surface area (Å²) in [6, 6.07) is 0. The lowest BCUT2D eigenvalue weighted by atomic mass is 9.89. The molecule has 1 aromatic heterocycles. The highest BCUT2D eigenvalue weighted by atomic mass is 16.5. The predicted molar refractivity (Wildman–Crippen MR) is 78.5 cm³/mol. The summed E-state index contributed by atoms with van der Waals surface area (Å²) < 4.78 is 7.58. The van der Waals surface area contributed by atoms with E-state index in [4.69, 9.17) is 4.74 Å². The van der Waals surface area contributed by atoms with Crippen LogP contribution in [-0.2, 0) is 22.5 Å². The van der Waals surface area contributed by atoms with Crippen LogP contribution in [-0.4, -0.2) is 32.8 Å². The van der Waals surface area contributed by atoms with Crippen LogP contribution in [0.5, 0.6) is 0 Å². The molecule has 1 rings (SSSR count). The largest absolute Gasteiger partial charge is 0.368 e. The predicted octanol–water partition coefficient (Wildman–Crippen LogP) is 2.64. The maximum absolute atomic E-state index is 12.6. The molecule has 0 unspecified atom stereocenters. The molecule has 0 spiro atoms. The molecule has 0 saturated carbocycles. The second kappa shape index (κ2) is 7.53. The third-order valence-electron chi connectivity index (χ3n) is 3.62. The summed E-state index contributed by atoms with van der Waals surface area (Å²) in [7, 11) is 0. The highest BCUT2D eigenvalue weighted by Gasteiger charge is 2.35. The topological polar surface area (TPSA) is 57.0 Å². The second-order valence-electron chi connectivity index (χ2n) is 5.49. The van der Waals surface area contributed by atoms with E-state index < -0.39 is 5.60 Å². The van der Waals surface area contributed by atoms with E-state index in [0.29, 0.717) is 25.4 Å². The number of aromatic nitrogens is 3. The first-order valence-corrected chi connectivity index (χ1v) is 7.53.